The number of carbonyl (C=O) groups is 3. The van der Waals surface area contributed by atoms with Gasteiger partial charge in [0.1, 0.15) is 6.10 Å². The Morgan fingerprint density at radius 3 is 2.22 bits per heavy atom. The second kappa shape index (κ2) is 8.67. The molecule has 0 saturated carbocycles. The van der Waals surface area contributed by atoms with E-state index in [4.69, 9.17) is 15.6 Å². The number of hydrogen-bond acceptors (Lipinski definition) is 5. The molecule has 0 spiro atoms. The van der Waals surface area contributed by atoms with Crippen LogP contribution in [0.1, 0.15) is 12.8 Å². The van der Waals surface area contributed by atoms with Gasteiger partial charge in [0, 0.05) is 32.6 Å². The second-order valence-corrected chi connectivity index (χ2v) is 5.16. The van der Waals surface area contributed by atoms with Crippen molar-refractivity contribution in [1.82, 2.24) is 10.2 Å². The molecule has 0 aliphatic carbocycles. The Hall–Kier alpha value is -1.88. The number of carboxylic acid groups (broad SMARTS) is 1. The van der Waals surface area contributed by atoms with Gasteiger partial charge in [0.05, 0.1) is 0 Å². The van der Waals surface area contributed by atoms with Crippen LogP contribution in [0.3, 0.4) is 0 Å². The van der Waals surface area contributed by atoms with Gasteiger partial charge in [0.25, 0.3) is 5.91 Å². The topological polar surface area (TPSA) is 133 Å². The van der Waals surface area contributed by atoms with Crippen molar-refractivity contribution in [3.05, 3.63) is 0 Å². The summed E-state index contributed by atoms with van der Waals surface area (Å²) in [6.45, 7) is 0.647. The van der Waals surface area contributed by atoms with Crippen molar-refractivity contribution in [3.8, 4) is 0 Å². The normalized spacial score (nSPS) is 20.0. The maximum Gasteiger partial charge on any atom is 0.490 e. The molecule has 0 aromatic carbocycles. The lowest BCUT2D eigenvalue weighted by molar-refractivity contribution is -0.192. The minimum atomic E-state index is -5.08. The number of likely N-dealkylation sites (N-methyl/N-ethyl adjacent to an activating group) is 1. The third-order valence-electron chi connectivity index (χ3n) is 3.06. The Labute approximate surface area is 130 Å². The van der Waals surface area contributed by atoms with Gasteiger partial charge < -0.3 is 26.2 Å². The van der Waals surface area contributed by atoms with Gasteiger partial charge in [0.2, 0.25) is 5.91 Å². The van der Waals surface area contributed by atoms with Crippen LogP contribution in [0.5, 0.6) is 0 Å². The lowest BCUT2D eigenvalue weighted by atomic mass is 9.95. The molecule has 23 heavy (non-hydrogen) atoms. The minimum absolute atomic E-state index is 0.0417. The first kappa shape index (κ1) is 21.1. The zero-order valence-electron chi connectivity index (χ0n) is 12.6. The van der Waals surface area contributed by atoms with Gasteiger partial charge in [-0.25, -0.2) is 4.79 Å². The van der Waals surface area contributed by atoms with Crippen LogP contribution < -0.4 is 11.1 Å². The molecule has 8 nitrogen and oxygen atoms in total. The monoisotopic (exact) mass is 343 g/mol. The van der Waals surface area contributed by atoms with E-state index in [0.717, 1.165) is 6.42 Å². The van der Waals surface area contributed by atoms with Gasteiger partial charge in [-0.05, 0) is 12.8 Å². The number of amides is 2. The lowest BCUT2D eigenvalue weighted by Gasteiger charge is -2.22. The summed E-state index contributed by atoms with van der Waals surface area (Å²) < 4.78 is 31.7. The van der Waals surface area contributed by atoms with Crippen molar-refractivity contribution in [3.63, 3.8) is 0 Å². The molecule has 0 bridgehead atoms. The zero-order valence-corrected chi connectivity index (χ0v) is 12.6. The number of carboxylic acids is 1. The van der Waals surface area contributed by atoms with E-state index in [1.807, 2.05) is 0 Å². The van der Waals surface area contributed by atoms with Crippen LogP contribution in [0, 0.1) is 5.92 Å². The van der Waals surface area contributed by atoms with Crippen LogP contribution in [-0.2, 0) is 14.4 Å². The summed E-state index contributed by atoms with van der Waals surface area (Å²) >= 11 is 0. The molecule has 1 unspecified atom stereocenters. The maximum absolute atomic E-state index is 11.4. The molecular weight excluding hydrogens is 323 g/mol. The maximum atomic E-state index is 11.4. The Bertz CT molecular complexity index is 442. The van der Waals surface area contributed by atoms with Crippen molar-refractivity contribution >= 4 is 17.8 Å². The number of aliphatic hydroxyl groups excluding tert-OH is 1. The van der Waals surface area contributed by atoms with Crippen LogP contribution in [-0.4, -0.2) is 71.9 Å². The SMILES string of the molecule is CN(C)C(=O)C(O)[C@@H](N)C[C@@H]1CCNC1=O.O=C(O)C(F)(F)F. The van der Waals surface area contributed by atoms with Gasteiger partial charge in [-0.2, -0.15) is 13.2 Å². The predicted octanol–water partition coefficient (Wildman–Crippen LogP) is -1.08. The number of nitrogens with zero attached hydrogens (tertiary/aromatic N) is 1. The average Bonchev–Trinajstić information content (AvgIpc) is 2.82. The summed E-state index contributed by atoms with van der Waals surface area (Å²) in [6.07, 6.45) is -5.26. The standard InChI is InChI=1S/C10H19N3O3.C2HF3O2/c1-13(2)10(16)8(14)7(11)5-6-3-4-12-9(6)15;3-2(4,5)1(6)7/h6-8,14H,3-5,11H2,1-2H3,(H,12,15);(H,6,7)/t6-,7-,8?;/m0./s1. The number of halogens is 3. The highest BCUT2D eigenvalue weighted by atomic mass is 19.4. The molecule has 0 aromatic heterocycles. The first-order valence-corrected chi connectivity index (χ1v) is 6.60. The van der Waals surface area contributed by atoms with E-state index in [1.165, 1.54) is 4.90 Å². The molecule has 3 atom stereocenters. The zero-order chi connectivity index (χ0) is 18.4. The first-order valence-electron chi connectivity index (χ1n) is 6.60. The minimum Gasteiger partial charge on any atom is -0.475 e. The molecule has 1 aliphatic heterocycles. The Balaban J connectivity index is 0.000000585. The molecule has 1 heterocycles. The molecule has 1 rings (SSSR count). The van der Waals surface area contributed by atoms with Crippen LogP contribution in [0.25, 0.3) is 0 Å². The fourth-order valence-corrected chi connectivity index (χ4v) is 1.78. The van der Waals surface area contributed by atoms with Crippen molar-refractivity contribution in [1.29, 1.82) is 0 Å². The van der Waals surface area contributed by atoms with Gasteiger partial charge in [0.15, 0.2) is 0 Å². The van der Waals surface area contributed by atoms with E-state index in [9.17, 15) is 27.9 Å². The molecule has 1 aliphatic rings. The number of carbonyl (C=O) groups excluding carboxylic acids is 2. The molecule has 1 fully saturated rings. The highest BCUT2D eigenvalue weighted by molar-refractivity contribution is 5.82. The fraction of sp³-hybridized carbons (Fsp3) is 0.750. The number of hydrogen-bond donors (Lipinski definition) is 4. The molecule has 134 valence electrons. The van der Waals surface area contributed by atoms with E-state index in [2.05, 4.69) is 5.32 Å². The third kappa shape index (κ3) is 7.28. The van der Waals surface area contributed by atoms with E-state index < -0.39 is 30.2 Å². The van der Waals surface area contributed by atoms with Crippen molar-refractivity contribution in [2.45, 2.75) is 31.2 Å². The number of nitrogens with one attached hydrogen (secondary N) is 1. The average molecular weight is 343 g/mol. The molecule has 0 aromatic rings. The summed E-state index contributed by atoms with van der Waals surface area (Å²) in [4.78, 5) is 32.9. The van der Waals surface area contributed by atoms with Crippen LogP contribution in [0.15, 0.2) is 0 Å². The number of alkyl halides is 3. The largest absolute Gasteiger partial charge is 0.490 e. The lowest BCUT2D eigenvalue weighted by Crippen LogP contribution is -2.47. The fourth-order valence-electron chi connectivity index (χ4n) is 1.78. The van der Waals surface area contributed by atoms with Gasteiger partial charge in [-0.1, -0.05) is 0 Å². The van der Waals surface area contributed by atoms with E-state index in [0.29, 0.717) is 13.0 Å². The van der Waals surface area contributed by atoms with Crippen LogP contribution >= 0.6 is 0 Å². The van der Waals surface area contributed by atoms with Crippen molar-refractivity contribution < 1.29 is 37.8 Å². The Morgan fingerprint density at radius 2 is 1.91 bits per heavy atom. The molecule has 11 heteroatoms. The number of aliphatic hydroxyl groups is 1. The van der Waals surface area contributed by atoms with Crippen molar-refractivity contribution in [2.24, 2.45) is 11.7 Å². The van der Waals surface area contributed by atoms with Crippen LogP contribution in [0.2, 0.25) is 0 Å². The van der Waals surface area contributed by atoms with Crippen LogP contribution in [0.4, 0.5) is 13.2 Å². The van der Waals surface area contributed by atoms with Crippen molar-refractivity contribution in [2.75, 3.05) is 20.6 Å². The third-order valence-corrected chi connectivity index (χ3v) is 3.06. The summed E-state index contributed by atoms with van der Waals surface area (Å²) in [6, 6.07) is -0.691. The molecule has 0 radical (unpaired) electrons. The highest BCUT2D eigenvalue weighted by Gasteiger charge is 2.38. The number of nitrogens with two attached hydrogens (primary N) is 1. The Kier molecular flexibility index (Phi) is 7.97. The summed E-state index contributed by atoms with van der Waals surface area (Å²) in [5, 5.41) is 19.5. The molecule has 1 saturated heterocycles. The van der Waals surface area contributed by atoms with Gasteiger partial charge >= 0.3 is 12.1 Å². The first-order chi connectivity index (χ1) is 10.4. The van der Waals surface area contributed by atoms with E-state index in [1.54, 1.807) is 14.1 Å². The molecule has 2 amide bonds. The quantitative estimate of drug-likeness (QED) is 0.513. The summed E-state index contributed by atoms with van der Waals surface area (Å²) in [5.41, 5.74) is 5.72. The van der Waals surface area contributed by atoms with Gasteiger partial charge in [-0.3, -0.25) is 9.59 Å². The number of aliphatic carboxylic acids is 1. The second-order valence-electron chi connectivity index (χ2n) is 5.16. The van der Waals surface area contributed by atoms with E-state index >= 15 is 0 Å². The summed E-state index contributed by atoms with van der Waals surface area (Å²) in [5.74, 6) is -3.40. The number of rotatable bonds is 4. The smallest absolute Gasteiger partial charge is 0.475 e. The summed E-state index contributed by atoms with van der Waals surface area (Å²) in [7, 11) is 3.11. The Morgan fingerprint density at radius 1 is 1.43 bits per heavy atom. The molecule has 5 N–H and O–H groups in total. The van der Waals surface area contributed by atoms with Gasteiger partial charge in [-0.15, -0.1) is 0 Å². The predicted molar refractivity (Wildman–Crippen MR) is 72.1 cm³/mol. The molecular formula is C12H20F3N3O5. The van der Waals surface area contributed by atoms with E-state index in [-0.39, 0.29) is 11.8 Å². The highest BCUT2D eigenvalue weighted by Crippen LogP contribution is 2.17.